The third-order valence-corrected chi connectivity index (χ3v) is 6.39. The van der Waals surface area contributed by atoms with E-state index >= 15 is 0 Å². The predicted molar refractivity (Wildman–Crippen MR) is 129 cm³/mol. The Morgan fingerprint density at radius 3 is 2.51 bits per heavy atom. The normalized spacial score (nSPS) is 19.6. The number of anilines is 2. The molecule has 5 rings (SSSR count). The Labute approximate surface area is 202 Å². The monoisotopic (exact) mass is 475 g/mol. The standard InChI is InChI=1S/C26H26FN5O3/c27-20-5-3-18(4-6-20)26(34)32-15-12-23(17-32)35-22-9-7-21(8-10-22)29-25(33)19-11-14-31(16-19)24-2-1-13-28-30-24/h1-10,13,19,23H,11-12,14-17H2,(H,29,33)/t19-,23+/m0/s1. The largest absolute Gasteiger partial charge is 0.489 e. The molecule has 2 amide bonds. The Balaban J connectivity index is 1.10. The van der Waals surface area contributed by atoms with Gasteiger partial charge in [-0.3, -0.25) is 9.59 Å². The molecule has 2 saturated heterocycles. The highest BCUT2D eigenvalue weighted by Gasteiger charge is 2.30. The van der Waals surface area contributed by atoms with Crippen LogP contribution >= 0.6 is 0 Å². The number of carbonyl (C=O) groups excluding carboxylic acids is 2. The van der Waals surface area contributed by atoms with Gasteiger partial charge in [-0.1, -0.05) is 0 Å². The third kappa shape index (κ3) is 5.40. The van der Waals surface area contributed by atoms with Crippen molar-refractivity contribution < 1.29 is 18.7 Å². The van der Waals surface area contributed by atoms with Gasteiger partial charge in [0, 0.05) is 43.5 Å². The second-order valence-corrected chi connectivity index (χ2v) is 8.81. The van der Waals surface area contributed by atoms with Crippen LogP contribution in [0.2, 0.25) is 0 Å². The molecule has 0 bridgehead atoms. The Kier molecular flexibility index (Phi) is 6.56. The molecule has 1 N–H and O–H groups in total. The van der Waals surface area contributed by atoms with Crippen LogP contribution in [0.3, 0.4) is 0 Å². The SMILES string of the molecule is O=C(Nc1ccc(O[C@@H]2CCN(C(=O)c3ccc(F)cc3)C2)cc1)[C@H]1CCN(c2cccnn2)C1. The fraction of sp³-hybridized carbons (Fsp3) is 0.308. The number of hydrogen-bond acceptors (Lipinski definition) is 6. The number of hydrogen-bond donors (Lipinski definition) is 1. The summed E-state index contributed by atoms with van der Waals surface area (Å²) in [7, 11) is 0. The molecule has 2 atom stereocenters. The van der Waals surface area contributed by atoms with Crippen molar-refractivity contribution in [3.63, 3.8) is 0 Å². The predicted octanol–water partition coefficient (Wildman–Crippen LogP) is 3.37. The minimum Gasteiger partial charge on any atom is -0.489 e. The first-order chi connectivity index (χ1) is 17.0. The van der Waals surface area contributed by atoms with Gasteiger partial charge in [-0.15, -0.1) is 5.10 Å². The molecule has 0 aliphatic carbocycles. The summed E-state index contributed by atoms with van der Waals surface area (Å²) < 4.78 is 19.2. The molecule has 2 aliphatic rings. The van der Waals surface area contributed by atoms with E-state index in [0.29, 0.717) is 36.6 Å². The van der Waals surface area contributed by atoms with Crippen molar-refractivity contribution in [1.82, 2.24) is 15.1 Å². The number of aromatic nitrogens is 2. The van der Waals surface area contributed by atoms with Crippen LogP contribution in [0.5, 0.6) is 5.75 Å². The number of nitrogens with one attached hydrogen (secondary N) is 1. The lowest BCUT2D eigenvalue weighted by atomic mass is 10.1. The maximum Gasteiger partial charge on any atom is 0.253 e. The molecule has 2 aliphatic heterocycles. The summed E-state index contributed by atoms with van der Waals surface area (Å²) in [5, 5.41) is 11.0. The van der Waals surface area contributed by atoms with Crippen molar-refractivity contribution in [1.29, 1.82) is 0 Å². The molecule has 8 nitrogen and oxygen atoms in total. The average molecular weight is 476 g/mol. The molecule has 3 heterocycles. The smallest absolute Gasteiger partial charge is 0.253 e. The second kappa shape index (κ2) is 10.1. The zero-order chi connectivity index (χ0) is 24.2. The second-order valence-electron chi connectivity index (χ2n) is 8.81. The van der Waals surface area contributed by atoms with Gasteiger partial charge in [-0.2, -0.15) is 5.10 Å². The Hall–Kier alpha value is -4.01. The molecule has 180 valence electrons. The number of carbonyl (C=O) groups is 2. The molecule has 35 heavy (non-hydrogen) atoms. The van der Waals surface area contributed by atoms with Gasteiger partial charge in [0.05, 0.1) is 12.5 Å². The quantitative estimate of drug-likeness (QED) is 0.588. The number of nitrogens with zero attached hydrogens (tertiary/aromatic N) is 4. The van der Waals surface area contributed by atoms with E-state index in [1.54, 1.807) is 11.1 Å². The number of amides is 2. The summed E-state index contributed by atoms with van der Waals surface area (Å²) in [6, 6.07) is 16.6. The van der Waals surface area contributed by atoms with Crippen molar-refractivity contribution in [3.05, 3.63) is 78.2 Å². The zero-order valence-corrected chi connectivity index (χ0v) is 19.1. The minimum atomic E-state index is -0.365. The Bertz CT molecular complexity index is 1170. The molecule has 0 unspecified atom stereocenters. The first-order valence-electron chi connectivity index (χ1n) is 11.7. The highest BCUT2D eigenvalue weighted by atomic mass is 19.1. The topological polar surface area (TPSA) is 87.7 Å². The van der Waals surface area contributed by atoms with Crippen LogP contribution in [0.15, 0.2) is 66.9 Å². The van der Waals surface area contributed by atoms with Gasteiger partial charge in [-0.05, 0) is 67.1 Å². The highest BCUT2D eigenvalue weighted by Crippen LogP contribution is 2.25. The van der Waals surface area contributed by atoms with Crippen LogP contribution in [0, 0.1) is 11.7 Å². The lowest BCUT2D eigenvalue weighted by molar-refractivity contribution is -0.119. The molecule has 0 saturated carbocycles. The van der Waals surface area contributed by atoms with E-state index in [4.69, 9.17) is 4.74 Å². The van der Waals surface area contributed by atoms with Gasteiger partial charge in [0.1, 0.15) is 17.7 Å². The van der Waals surface area contributed by atoms with Gasteiger partial charge >= 0.3 is 0 Å². The summed E-state index contributed by atoms with van der Waals surface area (Å²) in [6.45, 7) is 2.44. The van der Waals surface area contributed by atoms with Crippen molar-refractivity contribution in [2.24, 2.45) is 5.92 Å². The van der Waals surface area contributed by atoms with Crippen molar-refractivity contribution in [2.75, 3.05) is 36.4 Å². The molecular formula is C26H26FN5O3. The lowest BCUT2D eigenvalue weighted by Gasteiger charge is -2.18. The van der Waals surface area contributed by atoms with Crippen LogP contribution in [-0.2, 0) is 4.79 Å². The van der Waals surface area contributed by atoms with Gasteiger partial charge < -0.3 is 19.9 Å². The Morgan fingerprint density at radius 2 is 1.77 bits per heavy atom. The van der Waals surface area contributed by atoms with Crippen molar-refractivity contribution in [2.45, 2.75) is 18.9 Å². The molecular weight excluding hydrogens is 449 g/mol. The van der Waals surface area contributed by atoms with Crippen LogP contribution in [0.4, 0.5) is 15.9 Å². The molecule has 2 aromatic carbocycles. The first kappa shape index (κ1) is 22.8. The molecule has 0 spiro atoms. The van der Waals surface area contributed by atoms with Gasteiger partial charge in [0.2, 0.25) is 5.91 Å². The first-order valence-corrected chi connectivity index (χ1v) is 11.7. The number of halogens is 1. The van der Waals surface area contributed by atoms with E-state index in [-0.39, 0.29) is 29.7 Å². The van der Waals surface area contributed by atoms with Crippen LogP contribution in [0.1, 0.15) is 23.2 Å². The maximum atomic E-state index is 13.1. The third-order valence-electron chi connectivity index (χ3n) is 6.39. The molecule has 1 aromatic heterocycles. The van der Waals surface area contributed by atoms with E-state index < -0.39 is 0 Å². The summed E-state index contributed by atoms with van der Waals surface area (Å²) >= 11 is 0. The van der Waals surface area contributed by atoms with E-state index in [0.717, 1.165) is 25.2 Å². The summed E-state index contributed by atoms with van der Waals surface area (Å²) in [6.07, 6.45) is 2.99. The Morgan fingerprint density at radius 1 is 0.971 bits per heavy atom. The van der Waals surface area contributed by atoms with Crippen molar-refractivity contribution >= 4 is 23.3 Å². The van der Waals surface area contributed by atoms with Crippen LogP contribution in [0.25, 0.3) is 0 Å². The number of likely N-dealkylation sites (tertiary alicyclic amines) is 1. The van der Waals surface area contributed by atoms with E-state index in [9.17, 15) is 14.0 Å². The summed E-state index contributed by atoms with van der Waals surface area (Å²) in [5.74, 6) is 0.842. The minimum absolute atomic E-state index is 0.0178. The van der Waals surface area contributed by atoms with Crippen LogP contribution < -0.4 is 15.0 Å². The van der Waals surface area contributed by atoms with E-state index in [2.05, 4.69) is 20.4 Å². The van der Waals surface area contributed by atoms with Crippen molar-refractivity contribution in [3.8, 4) is 5.75 Å². The fourth-order valence-electron chi connectivity index (χ4n) is 4.48. The van der Waals surface area contributed by atoms with E-state index in [1.807, 2.05) is 36.4 Å². The van der Waals surface area contributed by atoms with Gasteiger partial charge in [0.25, 0.3) is 5.91 Å². The van der Waals surface area contributed by atoms with Gasteiger partial charge in [-0.25, -0.2) is 4.39 Å². The average Bonchev–Trinajstić information content (AvgIpc) is 3.56. The maximum absolute atomic E-state index is 13.1. The molecule has 2 fully saturated rings. The van der Waals surface area contributed by atoms with Gasteiger partial charge in [0.15, 0.2) is 5.82 Å². The zero-order valence-electron chi connectivity index (χ0n) is 19.1. The van der Waals surface area contributed by atoms with E-state index in [1.165, 1.54) is 24.3 Å². The highest BCUT2D eigenvalue weighted by molar-refractivity contribution is 5.94. The molecule has 3 aromatic rings. The van der Waals surface area contributed by atoms with Crippen LogP contribution in [-0.4, -0.2) is 59.2 Å². The lowest BCUT2D eigenvalue weighted by Crippen LogP contribution is -2.30. The number of rotatable bonds is 6. The molecule has 0 radical (unpaired) electrons. The number of benzene rings is 2. The summed E-state index contributed by atoms with van der Waals surface area (Å²) in [5.41, 5.74) is 1.18. The number of ether oxygens (including phenoxy) is 1. The summed E-state index contributed by atoms with van der Waals surface area (Å²) in [4.78, 5) is 29.1. The molecule has 9 heteroatoms. The fourth-order valence-corrected chi connectivity index (χ4v) is 4.48.